The summed E-state index contributed by atoms with van der Waals surface area (Å²) in [6, 6.07) is 0. The largest absolute Gasteiger partial charge is 0.388 e. The van der Waals surface area contributed by atoms with E-state index in [2.05, 4.69) is 0 Å². The van der Waals surface area contributed by atoms with E-state index in [1.807, 2.05) is 0 Å². The lowest BCUT2D eigenvalue weighted by Crippen LogP contribution is -2.58. The fraction of sp³-hybridized carbons (Fsp3) is 1.00. The molecule has 2 aliphatic rings. The molecule has 2 saturated carbocycles. The summed E-state index contributed by atoms with van der Waals surface area (Å²) in [6.45, 7) is 0. The lowest BCUT2D eigenvalue weighted by molar-refractivity contribution is -0.392. The Morgan fingerprint density at radius 2 is 1.18 bits per heavy atom. The second-order valence-corrected chi connectivity index (χ2v) is 5.31. The molecule has 4 unspecified atom stereocenters. The molecule has 0 bridgehead atoms. The first kappa shape index (κ1) is 13.2. The molecule has 2 rings (SSSR count). The van der Waals surface area contributed by atoms with Crippen LogP contribution in [-0.4, -0.2) is 44.2 Å². The topological polar surface area (TPSA) is 90.2 Å². The lowest BCUT2D eigenvalue weighted by atomic mass is 9.88. The monoisotopic (exact) mass is 246 g/mol. The van der Waals surface area contributed by atoms with E-state index >= 15 is 0 Å². The number of aliphatic hydroxyl groups excluding tert-OH is 2. The van der Waals surface area contributed by atoms with Gasteiger partial charge in [0.15, 0.2) is 11.6 Å². The van der Waals surface area contributed by atoms with Crippen LogP contribution in [0.4, 0.5) is 0 Å². The summed E-state index contributed by atoms with van der Waals surface area (Å²) >= 11 is 0. The Balaban J connectivity index is 2.07. The van der Waals surface area contributed by atoms with Crippen LogP contribution in [-0.2, 0) is 4.74 Å². The van der Waals surface area contributed by atoms with Crippen LogP contribution in [0.5, 0.6) is 0 Å². The number of hydrogen-bond donors (Lipinski definition) is 4. The van der Waals surface area contributed by atoms with Gasteiger partial charge in [-0.1, -0.05) is 12.8 Å². The summed E-state index contributed by atoms with van der Waals surface area (Å²) in [4.78, 5) is 0. The van der Waals surface area contributed by atoms with Gasteiger partial charge in [-0.3, -0.25) is 0 Å². The zero-order valence-corrected chi connectivity index (χ0v) is 10.0. The number of aliphatic hydroxyl groups is 4. The maximum absolute atomic E-state index is 10.2. The fourth-order valence-corrected chi connectivity index (χ4v) is 2.76. The van der Waals surface area contributed by atoms with Crippen LogP contribution in [0, 0.1) is 0 Å². The van der Waals surface area contributed by atoms with E-state index in [-0.39, 0.29) is 0 Å². The Labute approximate surface area is 101 Å². The van der Waals surface area contributed by atoms with Crippen molar-refractivity contribution in [3.63, 3.8) is 0 Å². The summed E-state index contributed by atoms with van der Waals surface area (Å²) in [6.07, 6.45) is 2.71. The van der Waals surface area contributed by atoms with Crippen molar-refractivity contribution >= 4 is 0 Å². The molecule has 5 nitrogen and oxygen atoms in total. The van der Waals surface area contributed by atoms with Crippen LogP contribution in [0.1, 0.15) is 51.4 Å². The molecule has 100 valence electrons. The molecule has 4 N–H and O–H groups in total. The molecular weight excluding hydrogens is 224 g/mol. The van der Waals surface area contributed by atoms with Gasteiger partial charge in [-0.2, -0.15) is 0 Å². The molecular formula is C12H22O5. The highest BCUT2D eigenvalue weighted by Crippen LogP contribution is 2.38. The van der Waals surface area contributed by atoms with E-state index in [1.54, 1.807) is 0 Å². The maximum atomic E-state index is 10.2. The molecule has 0 aliphatic heterocycles. The first-order valence-electron chi connectivity index (χ1n) is 6.47. The fourth-order valence-electron chi connectivity index (χ4n) is 2.76. The molecule has 0 aromatic heterocycles. The Kier molecular flexibility index (Phi) is 3.75. The normalized spacial score (nSPS) is 48.0. The number of ether oxygens (including phenoxy) is 1. The first-order valence-corrected chi connectivity index (χ1v) is 6.47. The van der Waals surface area contributed by atoms with Crippen molar-refractivity contribution in [2.24, 2.45) is 0 Å². The van der Waals surface area contributed by atoms with Gasteiger partial charge < -0.3 is 25.2 Å². The van der Waals surface area contributed by atoms with Crippen molar-refractivity contribution in [1.82, 2.24) is 0 Å². The number of rotatable bonds is 2. The van der Waals surface area contributed by atoms with Crippen molar-refractivity contribution in [2.75, 3.05) is 0 Å². The van der Waals surface area contributed by atoms with Crippen LogP contribution in [0.25, 0.3) is 0 Å². The van der Waals surface area contributed by atoms with Crippen molar-refractivity contribution in [3.05, 3.63) is 0 Å². The predicted molar refractivity (Wildman–Crippen MR) is 59.9 cm³/mol. The average Bonchev–Trinajstić information content (AvgIpc) is 2.27. The molecule has 0 radical (unpaired) electrons. The van der Waals surface area contributed by atoms with Gasteiger partial charge >= 0.3 is 0 Å². The third-order valence-corrected chi connectivity index (χ3v) is 3.92. The quantitative estimate of drug-likeness (QED) is 0.524. The highest BCUT2D eigenvalue weighted by molar-refractivity contribution is 4.89. The van der Waals surface area contributed by atoms with Gasteiger partial charge in [0.25, 0.3) is 0 Å². The SMILES string of the molecule is OC1CCCCC1(O)OC1(O)CCCCC1O. The summed E-state index contributed by atoms with van der Waals surface area (Å²) in [7, 11) is 0. The molecule has 0 aromatic rings. The van der Waals surface area contributed by atoms with E-state index in [0.717, 1.165) is 25.7 Å². The van der Waals surface area contributed by atoms with Gasteiger partial charge in [0.2, 0.25) is 0 Å². The van der Waals surface area contributed by atoms with Gasteiger partial charge in [-0.25, -0.2) is 0 Å². The van der Waals surface area contributed by atoms with E-state index in [0.29, 0.717) is 25.7 Å². The Hall–Kier alpha value is -0.200. The summed E-state index contributed by atoms with van der Waals surface area (Å²) in [5, 5.41) is 40.0. The van der Waals surface area contributed by atoms with E-state index in [9.17, 15) is 20.4 Å². The maximum Gasteiger partial charge on any atom is 0.195 e. The van der Waals surface area contributed by atoms with Crippen molar-refractivity contribution in [1.29, 1.82) is 0 Å². The van der Waals surface area contributed by atoms with Gasteiger partial charge in [-0.05, 0) is 25.7 Å². The standard InChI is InChI=1S/C12H22O5/c13-9-5-1-3-7-11(9,15)17-12(16)8-4-2-6-10(12)14/h9-10,13-16H,1-8H2. The third kappa shape index (κ3) is 2.63. The zero-order valence-electron chi connectivity index (χ0n) is 10.0. The molecule has 17 heavy (non-hydrogen) atoms. The minimum Gasteiger partial charge on any atom is -0.388 e. The molecule has 2 aliphatic carbocycles. The van der Waals surface area contributed by atoms with Crippen LogP contribution < -0.4 is 0 Å². The molecule has 0 heterocycles. The molecule has 0 aromatic carbocycles. The minimum absolute atomic E-state index is 0.295. The van der Waals surface area contributed by atoms with Gasteiger partial charge in [0.05, 0.1) is 0 Å². The molecule has 0 amide bonds. The van der Waals surface area contributed by atoms with Crippen LogP contribution in [0.2, 0.25) is 0 Å². The second kappa shape index (κ2) is 4.82. The smallest absolute Gasteiger partial charge is 0.195 e. The number of hydrogen-bond acceptors (Lipinski definition) is 5. The molecule has 0 spiro atoms. The molecule has 2 fully saturated rings. The minimum atomic E-state index is -1.72. The van der Waals surface area contributed by atoms with E-state index in [1.165, 1.54) is 0 Å². The summed E-state index contributed by atoms with van der Waals surface area (Å²) in [5.41, 5.74) is 0. The second-order valence-electron chi connectivity index (χ2n) is 5.31. The third-order valence-electron chi connectivity index (χ3n) is 3.92. The molecule has 4 atom stereocenters. The van der Waals surface area contributed by atoms with Gasteiger partial charge in [0, 0.05) is 12.8 Å². The average molecular weight is 246 g/mol. The van der Waals surface area contributed by atoms with Crippen LogP contribution >= 0.6 is 0 Å². The van der Waals surface area contributed by atoms with Crippen molar-refractivity contribution < 1.29 is 25.2 Å². The molecule has 5 heteroatoms. The highest BCUT2D eigenvalue weighted by atomic mass is 16.7. The van der Waals surface area contributed by atoms with E-state index in [4.69, 9.17) is 4.74 Å². The summed E-state index contributed by atoms with van der Waals surface area (Å²) < 4.78 is 5.34. The van der Waals surface area contributed by atoms with Crippen molar-refractivity contribution in [2.45, 2.75) is 75.1 Å². The predicted octanol–water partition coefficient (Wildman–Crippen LogP) is 0.250. The summed E-state index contributed by atoms with van der Waals surface area (Å²) in [5.74, 6) is -3.43. The van der Waals surface area contributed by atoms with Crippen LogP contribution in [0.15, 0.2) is 0 Å². The Bertz CT molecular complexity index is 246. The van der Waals surface area contributed by atoms with Crippen molar-refractivity contribution in [3.8, 4) is 0 Å². The van der Waals surface area contributed by atoms with E-state index < -0.39 is 23.8 Å². The lowest BCUT2D eigenvalue weighted by Gasteiger charge is -2.45. The Morgan fingerprint density at radius 1 is 0.765 bits per heavy atom. The van der Waals surface area contributed by atoms with Gasteiger partial charge in [0.1, 0.15) is 12.2 Å². The molecule has 0 saturated heterocycles. The first-order chi connectivity index (χ1) is 7.96. The Morgan fingerprint density at radius 3 is 1.53 bits per heavy atom. The van der Waals surface area contributed by atoms with Crippen LogP contribution in [0.3, 0.4) is 0 Å². The highest BCUT2D eigenvalue weighted by Gasteiger charge is 2.49. The van der Waals surface area contributed by atoms with Gasteiger partial charge in [-0.15, -0.1) is 0 Å². The zero-order chi connectivity index (χ0) is 12.5.